The molecule has 2 aromatic carbocycles. The van der Waals surface area contributed by atoms with Crippen molar-refractivity contribution in [1.82, 2.24) is 24.7 Å². The van der Waals surface area contributed by atoms with E-state index >= 15 is 0 Å². The predicted molar refractivity (Wildman–Crippen MR) is 163 cm³/mol. The fraction of sp³-hybridized carbons (Fsp3) is 0.452. The van der Waals surface area contributed by atoms with Gasteiger partial charge in [-0.2, -0.15) is 9.40 Å². The number of nitrogens with zero attached hydrogens (tertiary/aromatic N) is 3. The Kier molecular flexibility index (Phi) is 9.19. The Hall–Kier alpha value is -3.74. The van der Waals surface area contributed by atoms with Crippen molar-refractivity contribution in [3.05, 3.63) is 66.5 Å². The first-order valence-corrected chi connectivity index (χ1v) is 16.2. The molecule has 3 heterocycles. The number of aromatic nitrogens is 2. The third-order valence-corrected chi connectivity index (χ3v) is 10.2. The number of rotatable bonds is 10. The fourth-order valence-corrected chi connectivity index (χ4v) is 7.45. The number of carbonyl (C=O) groups excluding carboxylic acids is 2. The van der Waals surface area contributed by atoms with Crippen LogP contribution in [0.5, 0.6) is 5.75 Å². The summed E-state index contributed by atoms with van der Waals surface area (Å²) in [5.74, 6) is -0.0828. The molecule has 2 fully saturated rings. The number of H-pyrrole nitrogens is 1. The molecule has 0 saturated carbocycles. The Balaban J connectivity index is 1.23. The number of sulfonamides is 1. The van der Waals surface area contributed by atoms with E-state index in [1.807, 2.05) is 24.3 Å². The summed E-state index contributed by atoms with van der Waals surface area (Å²) in [6, 6.07) is 14.4. The van der Waals surface area contributed by atoms with Crippen LogP contribution in [0.15, 0.2) is 65.8 Å². The highest BCUT2D eigenvalue weighted by Crippen LogP contribution is 2.33. The van der Waals surface area contributed by atoms with Crippen LogP contribution in [0.3, 0.4) is 0 Å². The molecule has 12 heteroatoms. The van der Waals surface area contributed by atoms with E-state index in [0.717, 1.165) is 42.4 Å². The predicted octanol–water partition coefficient (Wildman–Crippen LogP) is 2.87. The Labute approximate surface area is 252 Å². The largest absolute Gasteiger partial charge is 0.478 e. The molecule has 1 aromatic heterocycles. The highest BCUT2D eigenvalue weighted by atomic mass is 32.2. The number of hydrogen-bond acceptors (Lipinski definition) is 7. The molecule has 3 aromatic rings. The number of carbonyl (C=O) groups is 2. The number of ether oxygens (including phenoxy) is 1. The smallest absolute Gasteiger partial charge is 0.264 e. The number of benzene rings is 2. The first-order chi connectivity index (χ1) is 20.6. The zero-order valence-electron chi connectivity index (χ0n) is 24.7. The number of nitrogens with one attached hydrogen (secondary N) is 2. The van der Waals surface area contributed by atoms with Crippen molar-refractivity contribution in [1.29, 1.82) is 0 Å². The minimum atomic E-state index is -3.71. The molecule has 2 aliphatic rings. The van der Waals surface area contributed by atoms with E-state index in [4.69, 9.17) is 10.5 Å². The summed E-state index contributed by atoms with van der Waals surface area (Å²) in [7, 11) is -3.71. The molecule has 43 heavy (non-hydrogen) atoms. The summed E-state index contributed by atoms with van der Waals surface area (Å²) in [6.07, 6.45) is 6.74. The quantitative estimate of drug-likeness (QED) is 0.320. The molecule has 0 bridgehead atoms. The fourth-order valence-electron chi connectivity index (χ4n) is 5.88. The summed E-state index contributed by atoms with van der Waals surface area (Å²) in [5, 5.41) is 9.44. The van der Waals surface area contributed by atoms with Gasteiger partial charge < -0.3 is 20.7 Å². The van der Waals surface area contributed by atoms with Gasteiger partial charge in [-0.25, -0.2) is 8.42 Å². The Morgan fingerprint density at radius 3 is 2.65 bits per heavy atom. The summed E-state index contributed by atoms with van der Waals surface area (Å²) in [5.41, 5.74) is 7.08. The molecule has 11 nitrogen and oxygen atoms in total. The maximum Gasteiger partial charge on any atom is 0.264 e. The Morgan fingerprint density at radius 2 is 1.88 bits per heavy atom. The molecule has 0 radical (unpaired) electrons. The van der Waals surface area contributed by atoms with Crippen LogP contribution in [0.1, 0.15) is 51.0 Å². The van der Waals surface area contributed by atoms with Crippen LogP contribution in [0, 0.1) is 0 Å². The van der Waals surface area contributed by atoms with Crippen molar-refractivity contribution in [2.24, 2.45) is 5.73 Å². The number of hydrogen-bond donors (Lipinski definition) is 3. The highest BCUT2D eigenvalue weighted by Gasteiger charge is 2.34. The van der Waals surface area contributed by atoms with E-state index in [0.29, 0.717) is 31.9 Å². The normalized spacial score (nSPS) is 19.7. The van der Waals surface area contributed by atoms with Crippen LogP contribution < -0.4 is 15.8 Å². The summed E-state index contributed by atoms with van der Waals surface area (Å²) >= 11 is 0. The van der Waals surface area contributed by atoms with Crippen LogP contribution >= 0.6 is 0 Å². The van der Waals surface area contributed by atoms with Crippen LogP contribution in [0.2, 0.25) is 0 Å². The van der Waals surface area contributed by atoms with E-state index in [-0.39, 0.29) is 29.3 Å². The summed E-state index contributed by atoms with van der Waals surface area (Å²) < 4.78 is 34.9. The molecular weight excluding hydrogens is 568 g/mol. The molecular formula is C31H40N6O5S. The Bertz CT molecular complexity index is 1540. The molecule has 0 spiro atoms. The third-order valence-electron chi connectivity index (χ3n) is 8.31. The number of piperidine rings is 1. The van der Waals surface area contributed by atoms with Gasteiger partial charge in [0.25, 0.3) is 5.91 Å². The summed E-state index contributed by atoms with van der Waals surface area (Å²) in [4.78, 5) is 27.6. The van der Waals surface area contributed by atoms with Crippen molar-refractivity contribution in [2.75, 3.05) is 32.7 Å². The topological polar surface area (TPSA) is 151 Å². The van der Waals surface area contributed by atoms with Crippen molar-refractivity contribution in [3.63, 3.8) is 0 Å². The lowest BCUT2D eigenvalue weighted by atomic mass is 9.91. The van der Waals surface area contributed by atoms with Crippen molar-refractivity contribution < 1.29 is 22.7 Å². The first-order valence-electron chi connectivity index (χ1n) is 14.7. The lowest BCUT2D eigenvalue weighted by Gasteiger charge is -2.32. The van der Waals surface area contributed by atoms with E-state index in [1.165, 1.54) is 0 Å². The average molecular weight is 609 g/mol. The molecule has 2 saturated heterocycles. The SMILES string of the molecule is CC(C)(Oc1cccc(C2CCCN(S(=O)(=O)c3cccc(-c4cn[nH]c4)c3)C2)c1)C(=O)NCC(=O)N1CCCC1CN. The molecule has 2 atom stereocenters. The molecule has 5 rings (SSSR count). The van der Waals surface area contributed by atoms with Gasteiger partial charge in [0.15, 0.2) is 5.60 Å². The minimum absolute atomic E-state index is 0.0226. The van der Waals surface area contributed by atoms with Crippen LogP contribution in [0.25, 0.3) is 11.1 Å². The van der Waals surface area contributed by atoms with Crippen LogP contribution in [0.4, 0.5) is 0 Å². The summed E-state index contributed by atoms with van der Waals surface area (Å²) in [6.45, 7) is 5.05. The van der Waals surface area contributed by atoms with Crippen LogP contribution in [-0.4, -0.2) is 84.0 Å². The van der Waals surface area contributed by atoms with Crippen molar-refractivity contribution in [2.45, 2.75) is 62.0 Å². The van der Waals surface area contributed by atoms with Crippen molar-refractivity contribution in [3.8, 4) is 16.9 Å². The molecule has 4 N–H and O–H groups in total. The second-order valence-corrected chi connectivity index (χ2v) is 13.6. The molecule has 2 unspecified atom stereocenters. The van der Waals surface area contributed by atoms with Gasteiger partial charge in [0.2, 0.25) is 15.9 Å². The van der Waals surface area contributed by atoms with Crippen LogP contribution in [-0.2, 0) is 19.6 Å². The molecule has 230 valence electrons. The standard InChI is InChI=1S/C31H40N6O5S/c1-31(2,30(39)33-20-29(38)37-14-6-10-26(37)17-32)42-27-11-3-7-22(15-27)24-9-5-13-36(21-24)43(40,41)28-12-4-8-23(16-28)25-18-34-35-19-25/h3-4,7-8,11-12,15-16,18-19,24,26H,5-6,9-10,13-14,17,20-21,32H2,1-2H3,(H,33,39)(H,34,35). The van der Waals surface area contributed by atoms with Gasteiger partial charge in [0, 0.05) is 44.0 Å². The first kappa shape index (κ1) is 30.7. The number of likely N-dealkylation sites (tertiary alicyclic amines) is 1. The van der Waals surface area contributed by atoms with Gasteiger partial charge in [-0.05, 0) is 80.8 Å². The lowest BCUT2D eigenvalue weighted by molar-refractivity contribution is -0.138. The second-order valence-electron chi connectivity index (χ2n) is 11.7. The molecule has 2 amide bonds. The van der Waals surface area contributed by atoms with E-state index in [9.17, 15) is 18.0 Å². The number of amides is 2. The van der Waals surface area contributed by atoms with Gasteiger partial charge in [0.1, 0.15) is 5.75 Å². The number of aromatic amines is 1. The maximum absolute atomic E-state index is 13.6. The van der Waals surface area contributed by atoms with Gasteiger partial charge in [-0.1, -0.05) is 24.3 Å². The highest BCUT2D eigenvalue weighted by molar-refractivity contribution is 7.89. The molecule has 0 aliphatic carbocycles. The van der Waals surface area contributed by atoms with E-state index in [2.05, 4.69) is 15.5 Å². The average Bonchev–Trinajstić information content (AvgIpc) is 3.73. The van der Waals surface area contributed by atoms with Crippen molar-refractivity contribution >= 4 is 21.8 Å². The maximum atomic E-state index is 13.6. The van der Waals surface area contributed by atoms with Gasteiger partial charge in [-0.3, -0.25) is 14.7 Å². The molecule has 2 aliphatic heterocycles. The van der Waals surface area contributed by atoms with Gasteiger partial charge in [-0.15, -0.1) is 0 Å². The van der Waals surface area contributed by atoms with E-state index < -0.39 is 21.5 Å². The third kappa shape index (κ3) is 6.92. The van der Waals surface area contributed by atoms with E-state index in [1.54, 1.807) is 59.7 Å². The zero-order valence-corrected chi connectivity index (χ0v) is 25.5. The van der Waals surface area contributed by atoms with Gasteiger partial charge in [0.05, 0.1) is 17.6 Å². The Morgan fingerprint density at radius 1 is 1.09 bits per heavy atom. The lowest BCUT2D eigenvalue weighted by Crippen LogP contribution is -2.51. The minimum Gasteiger partial charge on any atom is -0.478 e. The van der Waals surface area contributed by atoms with Gasteiger partial charge >= 0.3 is 0 Å². The number of nitrogens with two attached hydrogens (primary N) is 1. The zero-order chi connectivity index (χ0) is 30.6. The second kappa shape index (κ2) is 12.9. The monoisotopic (exact) mass is 608 g/mol.